The van der Waals surface area contributed by atoms with Crippen molar-refractivity contribution in [1.82, 2.24) is 0 Å². The van der Waals surface area contributed by atoms with Gasteiger partial charge in [-0.3, -0.25) is 9.59 Å². The SMILES string of the molecule is N#Cc1c(I)cc(C(=O)Cl)cc1C=O. The first-order chi connectivity index (χ1) is 6.60. The molecular weight excluding hydrogens is 316 g/mol. The Morgan fingerprint density at radius 3 is 2.64 bits per heavy atom. The predicted molar refractivity (Wildman–Crippen MR) is 59.4 cm³/mol. The number of nitriles is 1. The molecule has 0 fully saturated rings. The van der Waals surface area contributed by atoms with E-state index in [0.29, 0.717) is 9.86 Å². The quantitative estimate of drug-likeness (QED) is 0.478. The Balaban J connectivity index is 3.48. The summed E-state index contributed by atoms with van der Waals surface area (Å²) in [6.45, 7) is 0. The number of carbonyl (C=O) groups excluding carboxylic acids is 2. The van der Waals surface area contributed by atoms with E-state index in [-0.39, 0.29) is 16.7 Å². The van der Waals surface area contributed by atoms with Gasteiger partial charge < -0.3 is 0 Å². The van der Waals surface area contributed by atoms with E-state index in [1.165, 1.54) is 12.1 Å². The monoisotopic (exact) mass is 319 g/mol. The molecular formula is C9H3ClINO2. The molecule has 0 saturated heterocycles. The van der Waals surface area contributed by atoms with Crippen molar-refractivity contribution in [3.05, 3.63) is 32.4 Å². The molecule has 0 aliphatic rings. The van der Waals surface area contributed by atoms with Crippen LogP contribution in [0.25, 0.3) is 0 Å². The van der Waals surface area contributed by atoms with Crippen LogP contribution in [0.1, 0.15) is 26.3 Å². The van der Waals surface area contributed by atoms with Gasteiger partial charge >= 0.3 is 0 Å². The van der Waals surface area contributed by atoms with Crippen molar-refractivity contribution in [3.8, 4) is 6.07 Å². The Hall–Kier alpha value is -0.930. The second kappa shape index (κ2) is 4.53. The minimum Gasteiger partial charge on any atom is -0.298 e. The highest BCUT2D eigenvalue weighted by molar-refractivity contribution is 14.1. The first-order valence-electron chi connectivity index (χ1n) is 3.48. The molecule has 1 rings (SSSR count). The van der Waals surface area contributed by atoms with Gasteiger partial charge in [-0.05, 0) is 46.3 Å². The second-order valence-electron chi connectivity index (χ2n) is 2.43. The summed E-state index contributed by atoms with van der Waals surface area (Å²) < 4.78 is 0.540. The maximum Gasteiger partial charge on any atom is 0.252 e. The average Bonchev–Trinajstić information content (AvgIpc) is 2.16. The number of hydrogen-bond acceptors (Lipinski definition) is 3. The normalized spacial score (nSPS) is 9.21. The van der Waals surface area contributed by atoms with E-state index in [9.17, 15) is 9.59 Å². The van der Waals surface area contributed by atoms with Gasteiger partial charge in [0.15, 0.2) is 6.29 Å². The van der Waals surface area contributed by atoms with Gasteiger partial charge in [0.05, 0.1) is 5.56 Å². The standard InChI is InChI=1S/C9H3ClINO2/c10-9(14)5-1-6(4-13)7(3-12)8(11)2-5/h1-2,4H. The number of hydrogen-bond donors (Lipinski definition) is 0. The Morgan fingerprint density at radius 1 is 1.57 bits per heavy atom. The summed E-state index contributed by atoms with van der Waals surface area (Å²) in [6.07, 6.45) is 0.532. The van der Waals surface area contributed by atoms with Crippen LogP contribution in [-0.4, -0.2) is 11.5 Å². The van der Waals surface area contributed by atoms with Crippen molar-refractivity contribution in [2.24, 2.45) is 0 Å². The fourth-order valence-electron chi connectivity index (χ4n) is 0.952. The minimum absolute atomic E-state index is 0.184. The molecule has 0 spiro atoms. The lowest BCUT2D eigenvalue weighted by atomic mass is 10.1. The molecule has 0 aliphatic heterocycles. The van der Waals surface area contributed by atoms with E-state index in [2.05, 4.69) is 0 Å². The maximum absolute atomic E-state index is 10.8. The van der Waals surface area contributed by atoms with Gasteiger partial charge in [0.1, 0.15) is 6.07 Å². The zero-order valence-electron chi connectivity index (χ0n) is 6.75. The summed E-state index contributed by atoms with van der Waals surface area (Å²) in [6, 6.07) is 4.67. The summed E-state index contributed by atoms with van der Waals surface area (Å²) in [5.41, 5.74) is 0.669. The molecule has 0 unspecified atom stereocenters. The van der Waals surface area contributed by atoms with Gasteiger partial charge in [-0.15, -0.1) is 0 Å². The van der Waals surface area contributed by atoms with E-state index in [1.54, 1.807) is 0 Å². The van der Waals surface area contributed by atoms with E-state index in [0.717, 1.165) is 0 Å². The van der Waals surface area contributed by atoms with Crippen molar-refractivity contribution < 1.29 is 9.59 Å². The molecule has 70 valence electrons. The number of nitrogens with zero attached hydrogens (tertiary/aromatic N) is 1. The number of benzene rings is 1. The van der Waals surface area contributed by atoms with Crippen LogP contribution in [0, 0.1) is 14.9 Å². The smallest absolute Gasteiger partial charge is 0.252 e. The van der Waals surface area contributed by atoms with Gasteiger partial charge in [0, 0.05) is 14.7 Å². The molecule has 0 aromatic heterocycles. The van der Waals surface area contributed by atoms with Gasteiger partial charge in [0.25, 0.3) is 5.24 Å². The van der Waals surface area contributed by atoms with E-state index in [1.807, 2.05) is 28.7 Å². The Morgan fingerprint density at radius 2 is 2.21 bits per heavy atom. The molecule has 0 bridgehead atoms. The molecule has 0 amide bonds. The fourth-order valence-corrected chi connectivity index (χ4v) is 1.83. The molecule has 0 atom stereocenters. The summed E-state index contributed by atoms with van der Waals surface area (Å²) in [7, 11) is 0. The molecule has 1 aromatic carbocycles. The third-order valence-corrected chi connectivity index (χ3v) is 2.66. The number of carbonyl (C=O) groups is 2. The van der Waals surface area contributed by atoms with Crippen LogP contribution < -0.4 is 0 Å². The highest BCUT2D eigenvalue weighted by atomic mass is 127. The molecule has 14 heavy (non-hydrogen) atoms. The van der Waals surface area contributed by atoms with E-state index >= 15 is 0 Å². The summed E-state index contributed by atoms with van der Waals surface area (Å²) >= 11 is 7.13. The molecule has 0 heterocycles. The van der Waals surface area contributed by atoms with E-state index in [4.69, 9.17) is 16.9 Å². The van der Waals surface area contributed by atoms with Crippen LogP contribution in [0.5, 0.6) is 0 Å². The molecule has 5 heteroatoms. The van der Waals surface area contributed by atoms with Crippen LogP contribution >= 0.6 is 34.2 Å². The molecule has 3 nitrogen and oxygen atoms in total. The van der Waals surface area contributed by atoms with Crippen LogP contribution in [0.2, 0.25) is 0 Å². The third kappa shape index (κ3) is 2.11. The van der Waals surface area contributed by atoms with Crippen molar-refractivity contribution >= 4 is 45.7 Å². The van der Waals surface area contributed by atoms with Crippen LogP contribution in [0.4, 0.5) is 0 Å². The Bertz CT molecular complexity index is 451. The van der Waals surface area contributed by atoms with Gasteiger partial charge in [-0.2, -0.15) is 5.26 Å². The summed E-state index contributed by atoms with van der Waals surface area (Å²) in [5, 5.41) is 8.09. The predicted octanol–water partition coefficient (Wildman–Crippen LogP) is 2.35. The van der Waals surface area contributed by atoms with Crippen molar-refractivity contribution in [2.75, 3.05) is 0 Å². The van der Waals surface area contributed by atoms with Gasteiger partial charge in [-0.25, -0.2) is 0 Å². The highest BCUT2D eigenvalue weighted by Gasteiger charge is 2.11. The van der Waals surface area contributed by atoms with Crippen LogP contribution in [0.3, 0.4) is 0 Å². The second-order valence-corrected chi connectivity index (χ2v) is 3.93. The lowest BCUT2D eigenvalue weighted by molar-refractivity contribution is 0.108. The lowest BCUT2D eigenvalue weighted by Gasteiger charge is -2.01. The highest BCUT2D eigenvalue weighted by Crippen LogP contribution is 2.19. The van der Waals surface area contributed by atoms with Crippen LogP contribution in [-0.2, 0) is 0 Å². The zero-order valence-corrected chi connectivity index (χ0v) is 9.67. The first-order valence-corrected chi connectivity index (χ1v) is 4.94. The van der Waals surface area contributed by atoms with Crippen LogP contribution in [0.15, 0.2) is 12.1 Å². The van der Waals surface area contributed by atoms with Gasteiger partial charge in [0.2, 0.25) is 0 Å². The third-order valence-electron chi connectivity index (χ3n) is 1.59. The Kier molecular flexibility index (Phi) is 3.61. The first kappa shape index (κ1) is 11.1. The summed E-state index contributed by atoms with van der Waals surface area (Å²) in [5.74, 6) is 0. The zero-order chi connectivity index (χ0) is 10.7. The molecule has 1 aromatic rings. The average molecular weight is 319 g/mol. The topological polar surface area (TPSA) is 57.9 Å². The molecule has 0 N–H and O–H groups in total. The molecule has 0 saturated carbocycles. The number of rotatable bonds is 2. The lowest BCUT2D eigenvalue weighted by Crippen LogP contribution is -1.97. The van der Waals surface area contributed by atoms with Crippen molar-refractivity contribution in [3.63, 3.8) is 0 Å². The Labute approximate surface area is 98.8 Å². The van der Waals surface area contributed by atoms with Crippen molar-refractivity contribution in [2.45, 2.75) is 0 Å². The summed E-state index contributed by atoms with van der Waals surface area (Å²) in [4.78, 5) is 21.4. The fraction of sp³-hybridized carbons (Fsp3) is 0. The van der Waals surface area contributed by atoms with Crippen molar-refractivity contribution in [1.29, 1.82) is 5.26 Å². The molecule has 0 aliphatic carbocycles. The number of halogens is 2. The molecule has 0 radical (unpaired) electrons. The minimum atomic E-state index is -0.643. The van der Waals surface area contributed by atoms with Gasteiger partial charge in [-0.1, -0.05) is 0 Å². The number of aldehydes is 1. The van der Waals surface area contributed by atoms with E-state index < -0.39 is 5.24 Å². The largest absolute Gasteiger partial charge is 0.298 e. The maximum atomic E-state index is 10.8.